The van der Waals surface area contributed by atoms with Gasteiger partial charge in [0.05, 0.1) is 4.90 Å². The molecule has 1 fully saturated rings. The van der Waals surface area contributed by atoms with Crippen molar-refractivity contribution >= 4 is 22.4 Å². The van der Waals surface area contributed by atoms with Crippen molar-refractivity contribution in [1.29, 1.82) is 0 Å². The highest BCUT2D eigenvalue weighted by molar-refractivity contribution is 7.89. The Bertz CT molecular complexity index is 510. The van der Waals surface area contributed by atoms with Crippen molar-refractivity contribution in [3.8, 4) is 0 Å². The van der Waals surface area contributed by atoms with Gasteiger partial charge in [0.1, 0.15) is 5.82 Å². The van der Waals surface area contributed by atoms with E-state index in [9.17, 15) is 12.8 Å². The first-order valence-corrected chi connectivity index (χ1v) is 6.91. The lowest BCUT2D eigenvalue weighted by molar-refractivity contribution is 0.464. The molecule has 1 atom stereocenters. The first kappa shape index (κ1) is 15.4. The molecule has 1 aliphatic rings. The molecule has 1 aliphatic heterocycles. The van der Waals surface area contributed by atoms with E-state index >= 15 is 0 Å². The van der Waals surface area contributed by atoms with Crippen LogP contribution in [0.25, 0.3) is 0 Å². The first-order chi connectivity index (χ1) is 8.04. The zero-order chi connectivity index (χ0) is 12.5. The van der Waals surface area contributed by atoms with Crippen LogP contribution in [0.5, 0.6) is 0 Å². The van der Waals surface area contributed by atoms with Crippen LogP contribution in [0.4, 0.5) is 4.39 Å². The maximum absolute atomic E-state index is 13.0. The summed E-state index contributed by atoms with van der Waals surface area (Å²) in [7, 11) is -1.74. The van der Waals surface area contributed by atoms with Crippen molar-refractivity contribution in [3.63, 3.8) is 0 Å². The summed E-state index contributed by atoms with van der Waals surface area (Å²) in [5.74, 6) is -0.532. The molecule has 1 heterocycles. The third-order valence-electron chi connectivity index (χ3n) is 2.99. The molecule has 1 N–H and O–H groups in total. The van der Waals surface area contributed by atoms with Gasteiger partial charge in [-0.15, -0.1) is 12.4 Å². The van der Waals surface area contributed by atoms with Gasteiger partial charge in [-0.1, -0.05) is 6.07 Å². The minimum absolute atomic E-state index is 0. The van der Waals surface area contributed by atoms with Crippen LogP contribution in [-0.4, -0.2) is 38.9 Å². The molecule has 4 nitrogen and oxygen atoms in total. The molecule has 0 amide bonds. The molecule has 0 aromatic heterocycles. The van der Waals surface area contributed by atoms with Gasteiger partial charge in [-0.3, -0.25) is 0 Å². The highest BCUT2D eigenvalue weighted by atomic mass is 35.5. The van der Waals surface area contributed by atoms with E-state index in [-0.39, 0.29) is 23.3 Å². The molecule has 0 bridgehead atoms. The molecule has 1 unspecified atom stereocenters. The minimum atomic E-state index is -3.55. The number of sulfonamides is 1. The molecular weight excluding hydrogens is 279 g/mol. The van der Waals surface area contributed by atoms with Crippen molar-refractivity contribution in [1.82, 2.24) is 9.62 Å². The second kappa shape index (κ2) is 5.97. The Balaban J connectivity index is 0.00000162. The molecule has 1 aromatic carbocycles. The van der Waals surface area contributed by atoms with E-state index < -0.39 is 15.8 Å². The first-order valence-electron chi connectivity index (χ1n) is 5.47. The Kier molecular flexibility index (Phi) is 5.10. The average molecular weight is 295 g/mol. The fourth-order valence-electron chi connectivity index (χ4n) is 1.96. The maximum atomic E-state index is 13.0. The molecule has 0 aliphatic carbocycles. The minimum Gasteiger partial charge on any atom is -0.316 e. The molecule has 1 aromatic rings. The van der Waals surface area contributed by atoms with E-state index in [0.29, 0.717) is 13.1 Å². The molecule has 102 valence electrons. The molecule has 2 rings (SSSR count). The SMILES string of the molecule is CNC1CCN(S(=O)(=O)c2cccc(F)c2)C1.Cl. The third-order valence-corrected chi connectivity index (χ3v) is 4.85. The molecule has 0 radical (unpaired) electrons. The van der Waals surface area contributed by atoms with Crippen LogP contribution in [0.3, 0.4) is 0 Å². The Labute approximate surface area is 113 Å². The van der Waals surface area contributed by atoms with Gasteiger partial charge in [-0.25, -0.2) is 12.8 Å². The van der Waals surface area contributed by atoms with Gasteiger partial charge in [0.2, 0.25) is 10.0 Å². The standard InChI is InChI=1S/C11H15FN2O2S.ClH/c1-13-10-5-6-14(8-10)17(15,16)11-4-2-3-9(12)7-11;/h2-4,7,10,13H,5-6,8H2,1H3;1H. The summed E-state index contributed by atoms with van der Waals surface area (Å²) in [5.41, 5.74) is 0. The predicted octanol–water partition coefficient (Wildman–Crippen LogP) is 1.23. The third kappa shape index (κ3) is 3.00. The monoisotopic (exact) mass is 294 g/mol. The lowest BCUT2D eigenvalue weighted by atomic mass is 10.3. The van der Waals surface area contributed by atoms with E-state index in [1.165, 1.54) is 22.5 Å². The summed E-state index contributed by atoms with van der Waals surface area (Å²) >= 11 is 0. The van der Waals surface area contributed by atoms with Crippen LogP contribution < -0.4 is 5.32 Å². The van der Waals surface area contributed by atoms with Gasteiger partial charge in [-0.2, -0.15) is 4.31 Å². The summed E-state index contributed by atoms with van der Waals surface area (Å²) in [6.07, 6.45) is 0.783. The van der Waals surface area contributed by atoms with Crippen molar-refractivity contribution in [3.05, 3.63) is 30.1 Å². The number of likely N-dealkylation sites (N-methyl/N-ethyl adjacent to an activating group) is 1. The smallest absolute Gasteiger partial charge is 0.243 e. The topological polar surface area (TPSA) is 49.4 Å². The summed E-state index contributed by atoms with van der Waals surface area (Å²) < 4.78 is 38.8. The van der Waals surface area contributed by atoms with E-state index in [4.69, 9.17) is 0 Å². The van der Waals surface area contributed by atoms with Crippen LogP contribution in [0.1, 0.15) is 6.42 Å². The summed E-state index contributed by atoms with van der Waals surface area (Å²) in [5, 5.41) is 3.05. The van der Waals surface area contributed by atoms with Crippen LogP contribution in [0.2, 0.25) is 0 Å². The quantitative estimate of drug-likeness (QED) is 0.912. The van der Waals surface area contributed by atoms with Crippen molar-refractivity contribution in [2.24, 2.45) is 0 Å². The van der Waals surface area contributed by atoms with Crippen LogP contribution in [0.15, 0.2) is 29.2 Å². The summed E-state index contributed by atoms with van der Waals surface area (Å²) in [6.45, 7) is 0.916. The number of halogens is 2. The lowest BCUT2D eigenvalue weighted by Crippen LogP contribution is -2.33. The number of rotatable bonds is 3. The molecule has 0 saturated carbocycles. The molecule has 0 spiro atoms. The second-order valence-corrected chi connectivity index (χ2v) is 6.03. The number of hydrogen-bond donors (Lipinski definition) is 1. The van der Waals surface area contributed by atoms with E-state index in [1.807, 2.05) is 7.05 Å². The van der Waals surface area contributed by atoms with E-state index in [0.717, 1.165) is 12.5 Å². The Morgan fingerprint density at radius 2 is 2.17 bits per heavy atom. The molecular formula is C11H16ClFN2O2S. The summed E-state index contributed by atoms with van der Waals surface area (Å²) in [4.78, 5) is 0.0225. The average Bonchev–Trinajstić information content (AvgIpc) is 2.78. The van der Waals surface area contributed by atoms with Crippen LogP contribution in [0, 0.1) is 5.82 Å². The van der Waals surface area contributed by atoms with Gasteiger partial charge < -0.3 is 5.32 Å². The van der Waals surface area contributed by atoms with Gasteiger partial charge in [-0.05, 0) is 31.7 Å². The molecule has 7 heteroatoms. The van der Waals surface area contributed by atoms with Crippen LogP contribution in [-0.2, 0) is 10.0 Å². The van der Waals surface area contributed by atoms with Crippen LogP contribution >= 0.6 is 12.4 Å². The Morgan fingerprint density at radius 3 is 2.72 bits per heavy atom. The second-order valence-electron chi connectivity index (χ2n) is 4.09. The lowest BCUT2D eigenvalue weighted by Gasteiger charge is -2.16. The van der Waals surface area contributed by atoms with Gasteiger partial charge >= 0.3 is 0 Å². The maximum Gasteiger partial charge on any atom is 0.243 e. The zero-order valence-corrected chi connectivity index (χ0v) is 11.6. The van der Waals surface area contributed by atoms with Gasteiger partial charge in [0.15, 0.2) is 0 Å². The largest absolute Gasteiger partial charge is 0.316 e. The normalized spacial score (nSPS) is 20.7. The number of nitrogens with one attached hydrogen (secondary N) is 1. The van der Waals surface area contributed by atoms with E-state index in [2.05, 4.69) is 5.32 Å². The molecule has 1 saturated heterocycles. The zero-order valence-electron chi connectivity index (χ0n) is 9.97. The Morgan fingerprint density at radius 1 is 1.44 bits per heavy atom. The van der Waals surface area contributed by atoms with Crippen molar-refractivity contribution in [2.75, 3.05) is 20.1 Å². The Hall–Kier alpha value is -0.690. The van der Waals surface area contributed by atoms with Crippen molar-refractivity contribution < 1.29 is 12.8 Å². The number of nitrogens with zero attached hydrogens (tertiary/aromatic N) is 1. The molecule has 18 heavy (non-hydrogen) atoms. The van der Waals surface area contributed by atoms with E-state index in [1.54, 1.807) is 0 Å². The van der Waals surface area contributed by atoms with Gasteiger partial charge in [0, 0.05) is 19.1 Å². The fourth-order valence-corrected chi connectivity index (χ4v) is 3.49. The number of hydrogen-bond acceptors (Lipinski definition) is 3. The fraction of sp³-hybridized carbons (Fsp3) is 0.455. The summed E-state index contributed by atoms with van der Waals surface area (Å²) in [6, 6.07) is 5.30. The predicted molar refractivity (Wildman–Crippen MR) is 69.9 cm³/mol. The highest BCUT2D eigenvalue weighted by Gasteiger charge is 2.31. The van der Waals surface area contributed by atoms with Crippen molar-refractivity contribution in [2.45, 2.75) is 17.4 Å². The number of benzene rings is 1. The highest BCUT2D eigenvalue weighted by Crippen LogP contribution is 2.21. The van der Waals surface area contributed by atoms with Gasteiger partial charge in [0.25, 0.3) is 0 Å².